The molecule has 31 heavy (non-hydrogen) atoms. The lowest BCUT2D eigenvalue weighted by Crippen LogP contribution is -2.62. The molecule has 8 heteroatoms. The Kier molecular flexibility index (Phi) is 4.71. The first-order valence-corrected chi connectivity index (χ1v) is 11.3. The first-order valence-electron chi connectivity index (χ1n) is 11.3. The predicted octanol–water partition coefficient (Wildman–Crippen LogP) is 2.78. The van der Waals surface area contributed by atoms with Crippen LogP contribution in [0.2, 0.25) is 0 Å². The van der Waals surface area contributed by atoms with Crippen LogP contribution in [0.4, 0.5) is 4.79 Å². The first kappa shape index (κ1) is 20.3. The molecule has 0 unspecified atom stereocenters. The summed E-state index contributed by atoms with van der Waals surface area (Å²) >= 11 is 0. The molecule has 1 aliphatic heterocycles. The average Bonchev–Trinajstić information content (AvgIpc) is 3.27. The fourth-order valence-electron chi connectivity index (χ4n) is 6.81. The van der Waals surface area contributed by atoms with Gasteiger partial charge in [-0.2, -0.15) is 0 Å². The van der Waals surface area contributed by atoms with E-state index in [4.69, 9.17) is 4.42 Å². The normalized spacial score (nSPS) is 32.0. The molecular formula is C23H29N3O5. The zero-order valence-electron chi connectivity index (χ0n) is 18.1. The maximum Gasteiger partial charge on any atom is 0.334 e. The minimum Gasteiger partial charge on any atom is -0.467 e. The summed E-state index contributed by atoms with van der Waals surface area (Å²) < 4.78 is 5.55. The van der Waals surface area contributed by atoms with Gasteiger partial charge in [-0.25, -0.2) is 9.69 Å². The number of carbonyl (C=O) groups excluding carboxylic acids is 4. The van der Waals surface area contributed by atoms with Gasteiger partial charge in [0.25, 0.3) is 0 Å². The predicted molar refractivity (Wildman–Crippen MR) is 109 cm³/mol. The lowest BCUT2D eigenvalue weighted by molar-refractivity contribution is -0.155. The number of hydrogen-bond acceptors (Lipinski definition) is 5. The van der Waals surface area contributed by atoms with E-state index in [0.29, 0.717) is 30.1 Å². The number of carbonyl (C=O) groups is 4. The van der Waals surface area contributed by atoms with Gasteiger partial charge in [0.2, 0.25) is 5.91 Å². The van der Waals surface area contributed by atoms with Crippen LogP contribution < -0.4 is 0 Å². The standard InChI is InChI=1S/C23H29N3O5/c1-14(2)26-21(29)20(28)24(22(26)30)13-19(27)25(12-18-4-3-5-31-18)23-9-15-6-16(10-23)8-17(7-15)11-23/h3-5,14-17H,6-13H2,1-2H3. The summed E-state index contributed by atoms with van der Waals surface area (Å²) in [6.45, 7) is 3.26. The first-order chi connectivity index (χ1) is 14.8. The van der Waals surface area contributed by atoms with E-state index in [1.54, 1.807) is 26.2 Å². The van der Waals surface area contributed by atoms with Gasteiger partial charge in [-0.05, 0) is 82.3 Å². The molecule has 1 aromatic heterocycles. The minimum atomic E-state index is -0.921. The summed E-state index contributed by atoms with van der Waals surface area (Å²) in [6.07, 6.45) is 8.19. The third-order valence-corrected chi connectivity index (χ3v) is 7.67. The highest BCUT2D eigenvalue weighted by Gasteiger charge is 2.55. The second-order valence-electron chi connectivity index (χ2n) is 10.1. The van der Waals surface area contributed by atoms with Crippen LogP contribution in [0.25, 0.3) is 0 Å². The molecule has 0 radical (unpaired) electrons. The Morgan fingerprint density at radius 2 is 1.71 bits per heavy atom. The van der Waals surface area contributed by atoms with Gasteiger partial charge in [-0.15, -0.1) is 0 Å². The molecule has 5 aliphatic rings. The molecule has 0 spiro atoms. The molecule has 5 amide bonds. The Hall–Kier alpha value is -2.64. The monoisotopic (exact) mass is 427 g/mol. The van der Waals surface area contributed by atoms with E-state index in [-0.39, 0.29) is 11.4 Å². The van der Waals surface area contributed by atoms with Crippen molar-refractivity contribution in [2.45, 2.75) is 70.5 Å². The fourth-order valence-corrected chi connectivity index (χ4v) is 6.81. The van der Waals surface area contributed by atoms with Crippen LogP contribution in [0.3, 0.4) is 0 Å². The van der Waals surface area contributed by atoms with Gasteiger partial charge >= 0.3 is 17.8 Å². The largest absolute Gasteiger partial charge is 0.467 e. The third-order valence-electron chi connectivity index (χ3n) is 7.67. The van der Waals surface area contributed by atoms with Crippen molar-refractivity contribution in [3.05, 3.63) is 24.2 Å². The maximum absolute atomic E-state index is 13.6. The molecular weight excluding hydrogens is 398 g/mol. The summed E-state index contributed by atoms with van der Waals surface area (Å²) in [5, 5.41) is 0. The molecule has 2 heterocycles. The molecule has 4 saturated carbocycles. The van der Waals surface area contributed by atoms with E-state index >= 15 is 0 Å². The smallest absolute Gasteiger partial charge is 0.334 e. The van der Waals surface area contributed by atoms with Gasteiger partial charge in [0.05, 0.1) is 12.8 Å². The lowest BCUT2D eigenvalue weighted by Gasteiger charge is -2.60. The highest BCUT2D eigenvalue weighted by Crippen LogP contribution is 2.58. The van der Waals surface area contributed by atoms with E-state index in [0.717, 1.165) is 29.1 Å². The second kappa shape index (κ2) is 7.21. The average molecular weight is 428 g/mol. The van der Waals surface area contributed by atoms with Crippen LogP contribution in [-0.2, 0) is 20.9 Å². The fraction of sp³-hybridized carbons (Fsp3) is 0.652. The Bertz CT molecular complexity index is 886. The minimum absolute atomic E-state index is 0.258. The van der Waals surface area contributed by atoms with Crippen molar-refractivity contribution >= 4 is 23.8 Å². The summed E-state index contributed by atoms with van der Waals surface area (Å²) in [4.78, 5) is 54.7. The molecule has 0 N–H and O–H groups in total. The third kappa shape index (κ3) is 3.27. The molecule has 8 nitrogen and oxygen atoms in total. The van der Waals surface area contributed by atoms with Crippen LogP contribution in [0.1, 0.15) is 58.1 Å². The maximum atomic E-state index is 13.6. The molecule has 166 valence electrons. The van der Waals surface area contributed by atoms with Crippen molar-refractivity contribution < 1.29 is 23.6 Å². The summed E-state index contributed by atoms with van der Waals surface area (Å²) in [7, 11) is 0. The van der Waals surface area contributed by atoms with Crippen molar-refractivity contribution in [3.63, 3.8) is 0 Å². The van der Waals surface area contributed by atoms with Gasteiger partial charge in [-0.3, -0.25) is 19.3 Å². The number of hydrogen-bond donors (Lipinski definition) is 0. The summed E-state index contributed by atoms with van der Waals surface area (Å²) in [5.74, 6) is 0.501. The van der Waals surface area contributed by atoms with Crippen molar-refractivity contribution in [3.8, 4) is 0 Å². The van der Waals surface area contributed by atoms with E-state index in [1.807, 2.05) is 11.0 Å². The van der Waals surface area contributed by atoms with Gasteiger partial charge in [-0.1, -0.05) is 0 Å². The number of amides is 5. The van der Waals surface area contributed by atoms with E-state index in [9.17, 15) is 19.2 Å². The second-order valence-corrected chi connectivity index (χ2v) is 10.1. The molecule has 6 rings (SSSR count). The Morgan fingerprint density at radius 3 is 2.19 bits per heavy atom. The van der Waals surface area contributed by atoms with E-state index in [1.165, 1.54) is 19.3 Å². The van der Waals surface area contributed by atoms with Crippen molar-refractivity contribution in [2.75, 3.05) is 6.54 Å². The zero-order valence-corrected chi connectivity index (χ0v) is 18.1. The topological polar surface area (TPSA) is 91.1 Å². The van der Waals surface area contributed by atoms with Crippen LogP contribution >= 0.6 is 0 Å². The summed E-state index contributed by atoms with van der Waals surface area (Å²) in [6, 6.07) is 2.50. The number of furan rings is 1. The van der Waals surface area contributed by atoms with Gasteiger partial charge in [0.1, 0.15) is 12.3 Å². The van der Waals surface area contributed by atoms with Crippen molar-refractivity contribution in [1.29, 1.82) is 0 Å². The van der Waals surface area contributed by atoms with Crippen LogP contribution in [0.15, 0.2) is 22.8 Å². The molecule has 1 aromatic rings. The zero-order chi connectivity index (χ0) is 21.9. The van der Waals surface area contributed by atoms with Gasteiger partial charge in [0, 0.05) is 11.6 Å². The van der Waals surface area contributed by atoms with Crippen molar-refractivity contribution in [2.24, 2.45) is 17.8 Å². The number of rotatable bonds is 6. The molecule has 1 saturated heterocycles. The summed E-state index contributed by atoms with van der Waals surface area (Å²) in [5.41, 5.74) is -0.258. The Labute approximate surface area is 181 Å². The van der Waals surface area contributed by atoms with E-state index in [2.05, 4.69) is 0 Å². The van der Waals surface area contributed by atoms with Gasteiger partial charge in [0.15, 0.2) is 0 Å². The molecule has 4 bridgehead atoms. The van der Waals surface area contributed by atoms with Crippen LogP contribution in [0.5, 0.6) is 0 Å². The Morgan fingerprint density at radius 1 is 1.10 bits per heavy atom. The highest BCUT2D eigenvalue weighted by atomic mass is 16.3. The lowest BCUT2D eigenvalue weighted by atomic mass is 9.52. The molecule has 4 aliphatic carbocycles. The number of nitrogens with zero attached hydrogens (tertiary/aromatic N) is 3. The van der Waals surface area contributed by atoms with Crippen LogP contribution in [0, 0.1) is 17.8 Å². The molecule has 5 fully saturated rings. The molecule has 0 atom stereocenters. The van der Waals surface area contributed by atoms with Crippen LogP contribution in [-0.4, -0.2) is 56.6 Å². The van der Waals surface area contributed by atoms with E-state index < -0.39 is 30.4 Å². The molecule has 0 aromatic carbocycles. The Balaban J connectivity index is 1.42. The van der Waals surface area contributed by atoms with Gasteiger partial charge < -0.3 is 9.32 Å². The SMILES string of the molecule is CC(C)N1C(=O)C(=O)N(CC(=O)N(Cc2ccco2)C23CC4CC(CC(C4)C2)C3)C1=O. The van der Waals surface area contributed by atoms with Crippen molar-refractivity contribution in [1.82, 2.24) is 14.7 Å². The highest BCUT2D eigenvalue weighted by molar-refractivity contribution is 6.45. The number of urea groups is 1. The quantitative estimate of drug-likeness (QED) is 0.514. The number of imide groups is 2.